The Morgan fingerprint density at radius 3 is 2.83 bits per heavy atom. The zero-order valence-electron chi connectivity index (χ0n) is 10.1. The van der Waals surface area contributed by atoms with E-state index in [-0.39, 0.29) is 17.0 Å². The molecule has 0 aliphatic carbocycles. The molecule has 5 heteroatoms. The number of benzene rings is 1. The largest absolute Gasteiger partial charge is 0.376 e. The zero-order chi connectivity index (χ0) is 13.0. The van der Waals surface area contributed by atoms with Gasteiger partial charge in [-0.2, -0.15) is 0 Å². The molecule has 1 saturated heterocycles. The zero-order valence-corrected chi connectivity index (χ0v) is 11.7. The van der Waals surface area contributed by atoms with Crippen LogP contribution in [-0.2, 0) is 9.53 Å². The lowest BCUT2D eigenvalue weighted by Gasteiger charge is -2.08. The maximum absolute atomic E-state index is 12.7. The van der Waals surface area contributed by atoms with Gasteiger partial charge in [0.25, 0.3) is 0 Å². The first-order chi connectivity index (χ1) is 8.63. The van der Waals surface area contributed by atoms with E-state index in [9.17, 15) is 9.18 Å². The van der Waals surface area contributed by atoms with E-state index in [0.717, 1.165) is 17.1 Å². The minimum atomic E-state index is -0.214. The number of rotatable bonds is 4. The van der Waals surface area contributed by atoms with E-state index in [1.165, 1.54) is 23.9 Å². The lowest BCUT2D eigenvalue weighted by atomic mass is 10.3. The van der Waals surface area contributed by atoms with E-state index in [4.69, 9.17) is 4.74 Å². The van der Waals surface area contributed by atoms with Gasteiger partial charge in [-0.3, -0.25) is 4.79 Å². The fourth-order valence-corrected chi connectivity index (χ4v) is 3.69. The highest BCUT2D eigenvalue weighted by atomic mass is 32.2. The van der Waals surface area contributed by atoms with Gasteiger partial charge < -0.3 is 4.74 Å². The Labute approximate surface area is 115 Å². The first kappa shape index (κ1) is 13.9. The summed E-state index contributed by atoms with van der Waals surface area (Å²) >= 11 is 3.03. The van der Waals surface area contributed by atoms with Gasteiger partial charge in [-0.25, -0.2) is 4.39 Å². The lowest BCUT2D eigenvalue weighted by Crippen LogP contribution is -2.09. The van der Waals surface area contributed by atoms with Crippen LogP contribution in [0.5, 0.6) is 0 Å². The number of thioether (sulfide) groups is 2. The summed E-state index contributed by atoms with van der Waals surface area (Å²) in [7, 11) is 0. The monoisotopic (exact) mass is 286 g/mol. The van der Waals surface area contributed by atoms with Gasteiger partial charge in [0, 0.05) is 22.8 Å². The molecule has 1 aromatic carbocycles. The van der Waals surface area contributed by atoms with Crippen molar-refractivity contribution in [1.82, 2.24) is 0 Å². The van der Waals surface area contributed by atoms with Crippen LogP contribution in [0, 0.1) is 5.82 Å². The Kier molecular flexibility index (Phi) is 5.09. The van der Waals surface area contributed by atoms with Gasteiger partial charge >= 0.3 is 0 Å². The van der Waals surface area contributed by atoms with E-state index in [1.807, 2.05) is 0 Å². The number of hydrogen-bond donors (Lipinski definition) is 0. The normalized spacial score (nSPS) is 23.2. The van der Waals surface area contributed by atoms with Gasteiger partial charge in [0.1, 0.15) is 5.82 Å². The third kappa shape index (κ3) is 4.30. The molecule has 0 N–H and O–H groups in total. The van der Waals surface area contributed by atoms with Crippen LogP contribution in [0.1, 0.15) is 13.3 Å². The molecule has 98 valence electrons. The van der Waals surface area contributed by atoms with Crippen molar-refractivity contribution in [2.24, 2.45) is 0 Å². The van der Waals surface area contributed by atoms with Gasteiger partial charge in [-0.05, 0) is 30.7 Å². The van der Waals surface area contributed by atoms with Crippen LogP contribution >= 0.6 is 23.5 Å². The van der Waals surface area contributed by atoms with Crippen molar-refractivity contribution in [2.75, 3.05) is 12.4 Å². The SMILES string of the molecule is CC(=O)S[C@H]1CO[C@H](CSc2ccc(F)cc2)C1. The molecule has 0 amide bonds. The number of carbonyl (C=O) groups is 1. The quantitative estimate of drug-likeness (QED) is 0.793. The minimum Gasteiger partial charge on any atom is -0.376 e. The summed E-state index contributed by atoms with van der Waals surface area (Å²) in [5, 5.41) is 0.441. The van der Waals surface area contributed by atoms with Crippen LogP contribution in [0.4, 0.5) is 4.39 Å². The number of hydrogen-bond acceptors (Lipinski definition) is 4. The van der Waals surface area contributed by atoms with E-state index in [2.05, 4.69) is 0 Å². The molecule has 0 radical (unpaired) electrons. The molecule has 0 unspecified atom stereocenters. The molecule has 1 heterocycles. The van der Waals surface area contributed by atoms with Crippen molar-refractivity contribution in [3.8, 4) is 0 Å². The highest BCUT2D eigenvalue weighted by Crippen LogP contribution is 2.29. The molecule has 1 aliphatic heterocycles. The summed E-state index contributed by atoms with van der Waals surface area (Å²) in [4.78, 5) is 12.0. The van der Waals surface area contributed by atoms with Crippen LogP contribution in [0.2, 0.25) is 0 Å². The second-order valence-corrected chi connectivity index (χ2v) is 6.76. The number of ether oxygens (including phenoxy) is 1. The van der Waals surface area contributed by atoms with Gasteiger partial charge in [0.15, 0.2) is 5.12 Å². The Bertz CT molecular complexity index is 408. The third-order valence-electron chi connectivity index (χ3n) is 2.63. The summed E-state index contributed by atoms with van der Waals surface area (Å²) in [5.41, 5.74) is 0. The Hall–Kier alpha value is -0.520. The average molecular weight is 286 g/mol. The maximum Gasteiger partial charge on any atom is 0.186 e. The van der Waals surface area contributed by atoms with Gasteiger partial charge in [-0.1, -0.05) is 11.8 Å². The third-order valence-corrected chi connectivity index (χ3v) is 4.76. The second-order valence-electron chi connectivity index (χ2n) is 4.19. The van der Waals surface area contributed by atoms with Crippen LogP contribution < -0.4 is 0 Å². The van der Waals surface area contributed by atoms with E-state index < -0.39 is 0 Å². The topological polar surface area (TPSA) is 26.3 Å². The molecule has 0 aromatic heterocycles. The first-order valence-corrected chi connectivity index (χ1v) is 7.67. The molecule has 2 nitrogen and oxygen atoms in total. The molecule has 1 aliphatic rings. The highest BCUT2D eigenvalue weighted by molar-refractivity contribution is 8.14. The molecule has 0 bridgehead atoms. The van der Waals surface area contributed by atoms with Gasteiger partial charge in [0.2, 0.25) is 0 Å². The van der Waals surface area contributed by atoms with E-state index in [0.29, 0.717) is 11.9 Å². The molecule has 18 heavy (non-hydrogen) atoms. The predicted molar refractivity (Wildman–Crippen MR) is 73.5 cm³/mol. The first-order valence-electron chi connectivity index (χ1n) is 5.80. The van der Waals surface area contributed by atoms with Gasteiger partial charge in [-0.15, -0.1) is 11.8 Å². The van der Waals surface area contributed by atoms with Crippen molar-refractivity contribution in [1.29, 1.82) is 0 Å². The lowest BCUT2D eigenvalue weighted by molar-refractivity contribution is -0.109. The molecule has 1 fully saturated rings. The Balaban J connectivity index is 1.75. The van der Waals surface area contributed by atoms with Crippen molar-refractivity contribution in [3.05, 3.63) is 30.1 Å². The van der Waals surface area contributed by atoms with Crippen LogP contribution in [0.15, 0.2) is 29.2 Å². The van der Waals surface area contributed by atoms with Crippen molar-refractivity contribution in [3.63, 3.8) is 0 Å². The maximum atomic E-state index is 12.7. The predicted octanol–water partition coefficient (Wildman–Crippen LogP) is 3.36. The standard InChI is InChI=1S/C13H15FO2S2/c1-9(15)18-13-6-11(16-7-13)8-17-12-4-2-10(14)3-5-12/h2-5,11,13H,6-8H2,1H3/t11-,13+/m0/s1. The smallest absolute Gasteiger partial charge is 0.186 e. The highest BCUT2D eigenvalue weighted by Gasteiger charge is 2.26. The molecular formula is C13H15FO2S2. The molecule has 0 saturated carbocycles. The minimum absolute atomic E-state index is 0.149. The fraction of sp³-hybridized carbons (Fsp3) is 0.462. The summed E-state index contributed by atoms with van der Waals surface area (Å²) in [6.07, 6.45) is 1.11. The average Bonchev–Trinajstić information content (AvgIpc) is 2.75. The number of carbonyl (C=O) groups excluding carboxylic acids is 1. The van der Waals surface area contributed by atoms with E-state index in [1.54, 1.807) is 30.8 Å². The van der Waals surface area contributed by atoms with Gasteiger partial charge in [0.05, 0.1) is 12.7 Å². The van der Waals surface area contributed by atoms with Crippen LogP contribution in [0.3, 0.4) is 0 Å². The van der Waals surface area contributed by atoms with Crippen LogP contribution in [-0.4, -0.2) is 28.8 Å². The molecule has 1 aromatic rings. The van der Waals surface area contributed by atoms with Crippen LogP contribution in [0.25, 0.3) is 0 Å². The summed E-state index contributed by atoms with van der Waals surface area (Å²) in [5.74, 6) is 0.634. The Morgan fingerprint density at radius 1 is 1.44 bits per heavy atom. The number of halogens is 1. The van der Waals surface area contributed by atoms with Crippen molar-refractivity contribution < 1.29 is 13.9 Å². The molecular weight excluding hydrogens is 271 g/mol. The summed E-state index contributed by atoms with van der Waals surface area (Å²) in [6, 6.07) is 6.48. The molecule has 2 atom stereocenters. The summed E-state index contributed by atoms with van der Waals surface area (Å²) < 4.78 is 18.4. The molecule has 0 spiro atoms. The second kappa shape index (κ2) is 6.59. The van der Waals surface area contributed by atoms with Crippen molar-refractivity contribution in [2.45, 2.75) is 29.6 Å². The van der Waals surface area contributed by atoms with Crippen molar-refractivity contribution >= 4 is 28.6 Å². The fourth-order valence-electron chi connectivity index (χ4n) is 1.83. The van der Waals surface area contributed by atoms with E-state index >= 15 is 0 Å². The summed E-state index contributed by atoms with van der Waals surface area (Å²) in [6.45, 7) is 2.24. The molecule has 2 rings (SSSR count). The Morgan fingerprint density at radius 2 is 2.17 bits per heavy atom.